The Hall–Kier alpha value is -1.35. The molecule has 2 atom stereocenters. The number of nitrogens with two attached hydrogens (primary N) is 1. The van der Waals surface area contributed by atoms with Crippen LogP contribution in [0, 0.1) is 0 Å². The van der Waals surface area contributed by atoms with Gasteiger partial charge in [0.15, 0.2) is 0 Å². The Bertz CT molecular complexity index is 344. The normalized spacial score (nSPS) is 21.9. The minimum Gasteiger partial charge on any atom is -0.378 e. The van der Waals surface area contributed by atoms with Crippen molar-refractivity contribution in [3.63, 3.8) is 0 Å². The van der Waals surface area contributed by atoms with Crippen LogP contribution in [-0.2, 0) is 9.53 Å². The SMILES string of the molecule is NC(=O)C[C@H](c1ccccc1)[C@H]1CCCO1. The lowest BCUT2D eigenvalue weighted by atomic mass is 9.89. The molecule has 1 aliphatic heterocycles. The Kier molecular flexibility index (Phi) is 3.57. The summed E-state index contributed by atoms with van der Waals surface area (Å²) in [6.07, 6.45) is 2.61. The summed E-state index contributed by atoms with van der Waals surface area (Å²) >= 11 is 0. The summed E-state index contributed by atoms with van der Waals surface area (Å²) in [5, 5.41) is 0. The van der Waals surface area contributed by atoms with Gasteiger partial charge in [-0.25, -0.2) is 0 Å². The van der Waals surface area contributed by atoms with Crippen molar-refractivity contribution in [2.75, 3.05) is 6.61 Å². The van der Waals surface area contributed by atoms with Crippen molar-refractivity contribution in [2.45, 2.75) is 31.3 Å². The molecular formula is C13H17NO2. The van der Waals surface area contributed by atoms with Crippen LogP contribution >= 0.6 is 0 Å². The van der Waals surface area contributed by atoms with Crippen LogP contribution in [0.1, 0.15) is 30.7 Å². The molecule has 0 aliphatic carbocycles. The Morgan fingerprint density at radius 1 is 1.44 bits per heavy atom. The molecule has 3 nitrogen and oxygen atoms in total. The third-order valence-corrected chi connectivity index (χ3v) is 3.06. The Balaban J connectivity index is 2.16. The van der Waals surface area contributed by atoms with Crippen LogP contribution in [0.2, 0.25) is 0 Å². The first-order valence-electron chi connectivity index (χ1n) is 5.72. The second-order valence-electron chi connectivity index (χ2n) is 4.24. The summed E-state index contributed by atoms with van der Waals surface area (Å²) in [7, 11) is 0. The van der Waals surface area contributed by atoms with Gasteiger partial charge in [-0.05, 0) is 18.4 Å². The summed E-state index contributed by atoms with van der Waals surface area (Å²) in [5.74, 6) is -0.148. The fourth-order valence-electron chi connectivity index (χ4n) is 2.30. The lowest BCUT2D eigenvalue weighted by molar-refractivity contribution is -0.119. The average Bonchev–Trinajstić information content (AvgIpc) is 2.80. The van der Waals surface area contributed by atoms with E-state index in [1.807, 2.05) is 30.3 Å². The van der Waals surface area contributed by atoms with Crippen LogP contribution in [0.4, 0.5) is 0 Å². The number of hydrogen-bond donors (Lipinski definition) is 1. The second kappa shape index (κ2) is 5.12. The second-order valence-corrected chi connectivity index (χ2v) is 4.24. The highest BCUT2D eigenvalue weighted by molar-refractivity contribution is 5.74. The number of rotatable bonds is 4. The fourth-order valence-corrected chi connectivity index (χ4v) is 2.30. The molecule has 0 radical (unpaired) electrons. The van der Waals surface area contributed by atoms with E-state index in [1.54, 1.807) is 0 Å². The van der Waals surface area contributed by atoms with Crippen molar-refractivity contribution >= 4 is 5.91 Å². The maximum atomic E-state index is 11.1. The summed E-state index contributed by atoms with van der Waals surface area (Å²) in [5.41, 5.74) is 6.45. The van der Waals surface area contributed by atoms with E-state index in [9.17, 15) is 4.79 Å². The Labute approximate surface area is 95.6 Å². The van der Waals surface area contributed by atoms with Crippen LogP contribution in [0.3, 0.4) is 0 Å². The van der Waals surface area contributed by atoms with Crippen LogP contribution in [0.15, 0.2) is 30.3 Å². The molecule has 1 amide bonds. The molecule has 1 fully saturated rings. The molecule has 1 aromatic carbocycles. The molecule has 0 saturated carbocycles. The molecular weight excluding hydrogens is 202 g/mol. The summed E-state index contributed by atoms with van der Waals surface area (Å²) in [4.78, 5) is 11.1. The van der Waals surface area contributed by atoms with E-state index < -0.39 is 0 Å². The fraction of sp³-hybridized carbons (Fsp3) is 0.462. The van der Waals surface area contributed by atoms with E-state index in [0.29, 0.717) is 6.42 Å². The molecule has 0 unspecified atom stereocenters. The minimum atomic E-state index is -0.260. The number of primary amides is 1. The van der Waals surface area contributed by atoms with E-state index in [0.717, 1.165) is 25.0 Å². The van der Waals surface area contributed by atoms with Crippen molar-refractivity contribution in [3.05, 3.63) is 35.9 Å². The van der Waals surface area contributed by atoms with Crippen LogP contribution in [-0.4, -0.2) is 18.6 Å². The smallest absolute Gasteiger partial charge is 0.218 e. The molecule has 0 aromatic heterocycles. The molecule has 16 heavy (non-hydrogen) atoms. The minimum absolute atomic E-state index is 0.112. The maximum absolute atomic E-state index is 11.1. The molecule has 1 heterocycles. The van der Waals surface area contributed by atoms with Gasteiger partial charge >= 0.3 is 0 Å². The van der Waals surface area contributed by atoms with Crippen LogP contribution < -0.4 is 5.73 Å². The molecule has 1 aliphatic rings. The Morgan fingerprint density at radius 3 is 2.75 bits per heavy atom. The standard InChI is InChI=1S/C13H17NO2/c14-13(15)9-11(12-7-4-8-16-12)10-5-2-1-3-6-10/h1-3,5-6,11-12H,4,7-9H2,(H2,14,15)/t11-,12-/m1/s1. The van der Waals surface area contributed by atoms with Gasteiger partial charge in [0, 0.05) is 18.9 Å². The van der Waals surface area contributed by atoms with Crippen molar-refractivity contribution in [2.24, 2.45) is 5.73 Å². The zero-order valence-electron chi connectivity index (χ0n) is 9.26. The molecule has 2 rings (SSSR count). The lowest BCUT2D eigenvalue weighted by Crippen LogP contribution is -2.24. The number of benzene rings is 1. The summed E-state index contributed by atoms with van der Waals surface area (Å²) < 4.78 is 5.66. The first kappa shape index (κ1) is 11.1. The summed E-state index contributed by atoms with van der Waals surface area (Å²) in [6, 6.07) is 10.0. The van der Waals surface area contributed by atoms with Gasteiger partial charge in [0.05, 0.1) is 6.10 Å². The van der Waals surface area contributed by atoms with Gasteiger partial charge in [-0.15, -0.1) is 0 Å². The largest absolute Gasteiger partial charge is 0.378 e. The lowest BCUT2D eigenvalue weighted by Gasteiger charge is -2.22. The van der Waals surface area contributed by atoms with Gasteiger partial charge in [0.2, 0.25) is 5.91 Å². The van der Waals surface area contributed by atoms with Gasteiger partial charge in [0.1, 0.15) is 0 Å². The van der Waals surface area contributed by atoms with Gasteiger partial charge in [0.25, 0.3) is 0 Å². The van der Waals surface area contributed by atoms with E-state index in [4.69, 9.17) is 10.5 Å². The number of carbonyl (C=O) groups excluding carboxylic acids is 1. The van der Waals surface area contributed by atoms with Crippen LogP contribution in [0.25, 0.3) is 0 Å². The highest BCUT2D eigenvalue weighted by Gasteiger charge is 2.28. The topological polar surface area (TPSA) is 52.3 Å². The molecule has 86 valence electrons. The van der Waals surface area contributed by atoms with Crippen molar-refractivity contribution in [3.8, 4) is 0 Å². The first-order chi connectivity index (χ1) is 7.77. The van der Waals surface area contributed by atoms with E-state index >= 15 is 0 Å². The molecule has 0 spiro atoms. The van der Waals surface area contributed by atoms with Crippen LogP contribution in [0.5, 0.6) is 0 Å². The first-order valence-corrected chi connectivity index (χ1v) is 5.72. The predicted molar refractivity (Wildman–Crippen MR) is 62.0 cm³/mol. The third-order valence-electron chi connectivity index (χ3n) is 3.06. The van der Waals surface area contributed by atoms with Crippen molar-refractivity contribution in [1.29, 1.82) is 0 Å². The van der Waals surface area contributed by atoms with E-state index in [-0.39, 0.29) is 17.9 Å². The average molecular weight is 219 g/mol. The summed E-state index contributed by atoms with van der Waals surface area (Å²) in [6.45, 7) is 0.798. The van der Waals surface area contributed by atoms with E-state index in [1.165, 1.54) is 0 Å². The quantitative estimate of drug-likeness (QED) is 0.839. The molecule has 2 N–H and O–H groups in total. The number of hydrogen-bond acceptors (Lipinski definition) is 2. The predicted octanol–water partition coefficient (Wildman–Crippen LogP) is 1.82. The van der Waals surface area contributed by atoms with E-state index in [2.05, 4.69) is 0 Å². The molecule has 0 bridgehead atoms. The molecule has 1 saturated heterocycles. The Morgan fingerprint density at radius 2 is 2.19 bits per heavy atom. The van der Waals surface area contributed by atoms with Crippen molar-refractivity contribution < 1.29 is 9.53 Å². The number of carbonyl (C=O) groups is 1. The molecule has 1 aromatic rings. The zero-order chi connectivity index (χ0) is 11.4. The number of amides is 1. The number of ether oxygens (including phenoxy) is 1. The van der Waals surface area contributed by atoms with Gasteiger partial charge < -0.3 is 10.5 Å². The van der Waals surface area contributed by atoms with Gasteiger partial charge in [-0.3, -0.25) is 4.79 Å². The highest BCUT2D eigenvalue weighted by Crippen LogP contribution is 2.31. The molecule has 3 heteroatoms. The highest BCUT2D eigenvalue weighted by atomic mass is 16.5. The van der Waals surface area contributed by atoms with Gasteiger partial charge in [-0.2, -0.15) is 0 Å². The zero-order valence-corrected chi connectivity index (χ0v) is 9.26. The maximum Gasteiger partial charge on any atom is 0.218 e. The van der Waals surface area contributed by atoms with Gasteiger partial charge in [-0.1, -0.05) is 30.3 Å². The third kappa shape index (κ3) is 2.61. The monoisotopic (exact) mass is 219 g/mol. The van der Waals surface area contributed by atoms with Crippen molar-refractivity contribution in [1.82, 2.24) is 0 Å².